The van der Waals surface area contributed by atoms with Crippen molar-refractivity contribution in [3.8, 4) is 0 Å². The Balaban J connectivity index is 1.65. The first-order valence-corrected chi connectivity index (χ1v) is 8.81. The van der Waals surface area contributed by atoms with E-state index in [1.165, 1.54) is 11.1 Å². The van der Waals surface area contributed by atoms with Crippen LogP contribution in [0.25, 0.3) is 0 Å². The molecule has 2 N–H and O–H groups in total. The maximum Gasteiger partial charge on any atom is 0.133 e. The quantitative estimate of drug-likeness (QED) is 0.780. The molecule has 2 aromatic heterocycles. The maximum atomic E-state index is 9.13. The first-order valence-electron chi connectivity index (χ1n) is 8.81. The van der Waals surface area contributed by atoms with Crippen LogP contribution in [0.15, 0.2) is 18.3 Å². The van der Waals surface area contributed by atoms with Crippen molar-refractivity contribution in [2.24, 2.45) is 0 Å². The number of aliphatic hydroxyl groups is 1. The monoisotopic (exact) mass is 345 g/mol. The van der Waals surface area contributed by atoms with Gasteiger partial charge in [-0.05, 0) is 19.9 Å². The fourth-order valence-corrected chi connectivity index (χ4v) is 3.25. The predicted octanol–water partition coefficient (Wildman–Crippen LogP) is 1.01. The molecular weight excluding hydrogens is 318 g/mol. The number of hydrogen-bond acceptors (Lipinski definition) is 6. The van der Waals surface area contributed by atoms with Crippen molar-refractivity contribution in [2.75, 3.05) is 37.8 Å². The van der Waals surface area contributed by atoms with Crippen LogP contribution in [0, 0.1) is 13.8 Å². The first-order chi connectivity index (χ1) is 12.2. The van der Waals surface area contributed by atoms with Crippen molar-refractivity contribution in [1.29, 1.82) is 0 Å². The van der Waals surface area contributed by atoms with Gasteiger partial charge >= 0.3 is 0 Å². The summed E-state index contributed by atoms with van der Waals surface area (Å²) in [6.45, 7) is 9.50. The third-order valence-corrected chi connectivity index (χ3v) is 4.64. The second-order valence-corrected chi connectivity index (χ2v) is 6.29. The van der Waals surface area contributed by atoms with Gasteiger partial charge in [-0.3, -0.25) is 4.68 Å². The molecule has 1 aliphatic heterocycles. The van der Waals surface area contributed by atoms with Crippen molar-refractivity contribution in [3.63, 3.8) is 0 Å². The largest absolute Gasteiger partial charge is 0.394 e. The number of anilines is 1. The molecule has 25 heavy (non-hydrogen) atoms. The third kappa shape index (κ3) is 4.18. The van der Waals surface area contributed by atoms with Gasteiger partial charge in [0, 0.05) is 49.2 Å². The summed E-state index contributed by atoms with van der Waals surface area (Å²) in [5.74, 6) is 1.04. The highest BCUT2D eigenvalue weighted by Crippen LogP contribution is 2.19. The SMILES string of the molecule is Cc1nn(CCO)c(C)c1CNCc1cccnc1N1CCOCC1. The van der Waals surface area contributed by atoms with Crippen LogP contribution in [-0.4, -0.2) is 52.8 Å². The van der Waals surface area contributed by atoms with Crippen LogP contribution in [0.3, 0.4) is 0 Å². The Labute approximate surface area is 148 Å². The Bertz CT molecular complexity index is 695. The van der Waals surface area contributed by atoms with Crippen LogP contribution in [0.4, 0.5) is 5.82 Å². The summed E-state index contributed by atoms with van der Waals surface area (Å²) in [6, 6.07) is 4.11. The van der Waals surface area contributed by atoms with Crippen LogP contribution in [-0.2, 0) is 24.4 Å². The Morgan fingerprint density at radius 3 is 2.80 bits per heavy atom. The number of pyridine rings is 1. The highest BCUT2D eigenvalue weighted by atomic mass is 16.5. The number of hydrogen-bond donors (Lipinski definition) is 2. The summed E-state index contributed by atoms with van der Waals surface area (Å²) in [6.07, 6.45) is 1.85. The summed E-state index contributed by atoms with van der Waals surface area (Å²) in [7, 11) is 0. The van der Waals surface area contributed by atoms with Gasteiger partial charge in [0.2, 0.25) is 0 Å². The normalized spacial score (nSPS) is 14.9. The summed E-state index contributed by atoms with van der Waals surface area (Å²) >= 11 is 0. The van der Waals surface area contributed by atoms with E-state index in [9.17, 15) is 0 Å². The van der Waals surface area contributed by atoms with E-state index in [0.717, 1.165) is 56.6 Å². The van der Waals surface area contributed by atoms with Crippen molar-refractivity contribution in [2.45, 2.75) is 33.5 Å². The highest BCUT2D eigenvalue weighted by molar-refractivity contribution is 5.47. The molecular formula is C18H27N5O2. The average Bonchev–Trinajstić information content (AvgIpc) is 2.91. The van der Waals surface area contributed by atoms with E-state index in [-0.39, 0.29) is 6.61 Å². The molecule has 2 aromatic rings. The van der Waals surface area contributed by atoms with Crippen LogP contribution in [0.5, 0.6) is 0 Å². The number of aliphatic hydroxyl groups excluding tert-OH is 1. The molecule has 3 rings (SSSR count). The zero-order valence-corrected chi connectivity index (χ0v) is 15.0. The van der Waals surface area contributed by atoms with Gasteiger partial charge in [-0.25, -0.2) is 4.98 Å². The Morgan fingerprint density at radius 2 is 2.04 bits per heavy atom. The minimum Gasteiger partial charge on any atom is -0.394 e. The van der Waals surface area contributed by atoms with E-state index in [4.69, 9.17) is 9.84 Å². The average molecular weight is 345 g/mol. The number of morpholine rings is 1. The molecule has 0 spiro atoms. The van der Waals surface area contributed by atoms with Gasteiger partial charge in [-0.1, -0.05) is 6.07 Å². The summed E-state index contributed by atoms with van der Waals surface area (Å²) < 4.78 is 7.31. The van der Waals surface area contributed by atoms with E-state index in [1.54, 1.807) is 0 Å². The number of ether oxygens (including phenoxy) is 1. The van der Waals surface area contributed by atoms with Crippen molar-refractivity contribution < 1.29 is 9.84 Å². The smallest absolute Gasteiger partial charge is 0.133 e. The van der Waals surface area contributed by atoms with Gasteiger partial charge in [0.25, 0.3) is 0 Å². The molecule has 0 radical (unpaired) electrons. The van der Waals surface area contributed by atoms with E-state index in [2.05, 4.69) is 33.3 Å². The van der Waals surface area contributed by atoms with Gasteiger partial charge < -0.3 is 20.1 Å². The summed E-state index contributed by atoms with van der Waals surface area (Å²) in [5.41, 5.74) is 4.52. The molecule has 0 aliphatic carbocycles. The second kappa shape index (κ2) is 8.42. The molecule has 1 aliphatic rings. The molecule has 1 fully saturated rings. The van der Waals surface area contributed by atoms with Crippen molar-refractivity contribution in [1.82, 2.24) is 20.1 Å². The van der Waals surface area contributed by atoms with Crippen molar-refractivity contribution in [3.05, 3.63) is 40.8 Å². The Morgan fingerprint density at radius 1 is 1.24 bits per heavy atom. The molecule has 0 amide bonds. The summed E-state index contributed by atoms with van der Waals surface area (Å²) in [5, 5.41) is 17.1. The van der Waals surface area contributed by atoms with Crippen molar-refractivity contribution >= 4 is 5.82 Å². The lowest BCUT2D eigenvalue weighted by Gasteiger charge is -2.29. The molecule has 136 valence electrons. The van der Waals surface area contributed by atoms with Gasteiger partial charge in [-0.15, -0.1) is 0 Å². The molecule has 0 bridgehead atoms. The lowest BCUT2D eigenvalue weighted by molar-refractivity contribution is 0.122. The molecule has 0 atom stereocenters. The number of rotatable bonds is 7. The van der Waals surface area contributed by atoms with Crippen LogP contribution < -0.4 is 10.2 Å². The van der Waals surface area contributed by atoms with Gasteiger partial charge in [0.05, 0.1) is 32.1 Å². The topological polar surface area (TPSA) is 75.4 Å². The molecule has 0 unspecified atom stereocenters. The number of aromatic nitrogens is 3. The second-order valence-electron chi connectivity index (χ2n) is 6.29. The molecule has 0 aromatic carbocycles. The number of nitrogens with one attached hydrogen (secondary N) is 1. The highest BCUT2D eigenvalue weighted by Gasteiger charge is 2.16. The van der Waals surface area contributed by atoms with Gasteiger partial charge in [-0.2, -0.15) is 5.10 Å². The minimum atomic E-state index is 0.105. The zero-order chi connectivity index (χ0) is 17.6. The number of nitrogens with zero attached hydrogens (tertiary/aromatic N) is 4. The van der Waals surface area contributed by atoms with E-state index in [0.29, 0.717) is 6.54 Å². The van der Waals surface area contributed by atoms with E-state index >= 15 is 0 Å². The minimum absolute atomic E-state index is 0.105. The molecule has 7 nitrogen and oxygen atoms in total. The Hall–Kier alpha value is -1.96. The third-order valence-electron chi connectivity index (χ3n) is 4.64. The lowest BCUT2D eigenvalue weighted by atomic mass is 10.2. The van der Waals surface area contributed by atoms with Crippen LogP contribution in [0.1, 0.15) is 22.5 Å². The molecule has 0 saturated carbocycles. The zero-order valence-electron chi connectivity index (χ0n) is 15.0. The predicted molar refractivity (Wildman–Crippen MR) is 96.6 cm³/mol. The Kier molecular flexibility index (Phi) is 6.01. The lowest BCUT2D eigenvalue weighted by Crippen LogP contribution is -2.37. The maximum absolute atomic E-state index is 9.13. The van der Waals surface area contributed by atoms with Gasteiger partial charge in [0.15, 0.2) is 0 Å². The van der Waals surface area contributed by atoms with Crippen LogP contribution in [0.2, 0.25) is 0 Å². The fraction of sp³-hybridized carbons (Fsp3) is 0.556. The molecule has 3 heterocycles. The fourth-order valence-electron chi connectivity index (χ4n) is 3.25. The molecule has 1 saturated heterocycles. The van der Waals surface area contributed by atoms with E-state index in [1.807, 2.05) is 23.9 Å². The van der Waals surface area contributed by atoms with E-state index < -0.39 is 0 Å². The standard InChI is InChI=1S/C18H27N5O2/c1-14-17(15(2)23(21-14)6-9-24)13-19-12-16-4-3-5-20-18(16)22-7-10-25-11-8-22/h3-5,19,24H,6-13H2,1-2H3. The number of aryl methyl sites for hydroxylation is 1. The molecule has 7 heteroatoms. The van der Waals surface area contributed by atoms with Gasteiger partial charge in [0.1, 0.15) is 5.82 Å². The van der Waals surface area contributed by atoms with Crippen LogP contribution >= 0.6 is 0 Å². The first kappa shape index (κ1) is 17.8. The summed E-state index contributed by atoms with van der Waals surface area (Å²) in [4.78, 5) is 6.87.